The van der Waals surface area contributed by atoms with Gasteiger partial charge in [-0.25, -0.2) is 0 Å². The van der Waals surface area contributed by atoms with Crippen molar-refractivity contribution >= 4 is 0 Å². The van der Waals surface area contributed by atoms with Crippen molar-refractivity contribution in [3.63, 3.8) is 0 Å². The van der Waals surface area contributed by atoms with Gasteiger partial charge in [-0.05, 0) is 5.56 Å². The van der Waals surface area contributed by atoms with Crippen LogP contribution < -0.4 is 23.7 Å². The Kier molecular flexibility index (Phi) is 4.24. The Morgan fingerprint density at radius 3 is 2.71 bits per heavy atom. The summed E-state index contributed by atoms with van der Waals surface area (Å²) in [5.41, 5.74) is 1.09. The summed E-state index contributed by atoms with van der Waals surface area (Å²) in [5.74, 6) is 0. The van der Waals surface area contributed by atoms with Crippen LogP contribution in [0.25, 0.3) is 0 Å². The summed E-state index contributed by atoms with van der Waals surface area (Å²) in [5, 5.41) is 7.19. The molecule has 0 spiro atoms. The van der Waals surface area contributed by atoms with E-state index in [1.165, 1.54) is 11.0 Å². The molecule has 0 atom stereocenters. The molecule has 2 rings (SSSR count). The molecule has 0 amide bonds. The molecule has 1 aromatic carbocycles. The van der Waals surface area contributed by atoms with E-state index in [0.717, 1.165) is 5.56 Å². The third kappa shape index (κ3) is 2.91. The maximum Gasteiger partial charge on any atom is 1.00 e. The molecule has 1 aromatic heterocycles. The predicted molar refractivity (Wildman–Crippen MR) is 45.6 cm³/mol. The quantitative estimate of drug-likeness (QED) is 0.395. The molecule has 0 saturated carbocycles. The van der Waals surface area contributed by atoms with Gasteiger partial charge in [0.05, 0.1) is 0 Å². The zero-order valence-corrected chi connectivity index (χ0v) is 7.92. The maximum absolute atomic E-state index is 5.22. The second kappa shape index (κ2) is 5.48. The van der Waals surface area contributed by atoms with Gasteiger partial charge in [0.15, 0.2) is 0 Å². The summed E-state index contributed by atoms with van der Waals surface area (Å²) in [6.07, 6.45) is 4.13. The molecule has 0 fully saturated rings. The first-order chi connectivity index (χ1) is 6.45. The summed E-state index contributed by atoms with van der Waals surface area (Å²) in [6, 6.07) is 9.85. The van der Waals surface area contributed by atoms with Gasteiger partial charge in [-0.2, -0.15) is 5.10 Å². The molecule has 5 heteroatoms. The SMILES string of the molecule is [Li+].[c-]1cnnn1OCc1ccccc1. The van der Waals surface area contributed by atoms with E-state index >= 15 is 0 Å². The molecule has 1 heterocycles. The van der Waals surface area contributed by atoms with Crippen molar-refractivity contribution in [3.8, 4) is 0 Å². The predicted octanol–water partition coefficient (Wildman–Crippen LogP) is -2.29. The Balaban J connectivity index is 0.000000980. The van der Waals surface area contributed by atoms with Crippen LogP contribution >= 0.6 is 0 Å². The average Bonchev–Trinajstić information content (AvgIpc) is 2.69. The molecule has 0 radical (unpaired) electrons. The second-order valence-corrected chi connectivity index (χ2v) is 2.50. The van der Waals surface area contributed by atoms with Gasteiger partial charge in [0, 0.05) is 0 Å². The Morgan fingerprint density at radius 1 is 1.29 bits per heavy atom. The largest absolute Gasteiger partial charge is 1.00 e. The van der Waals surface area contributed by atoms with E-state index in [1.807, 2.05) is 30.3 Å². The van der Waals surface area contributed by atoms with Gasteiger partial charge in [-0.3, -0.25) is 4.85 Å². The second-order valence-electron chi connectivity index (χ2n) is 2.50. The van der Waals surface area contributed by atoms with Crippen molar-refractivity contribution in [1.82, 2.24) is 15.2 Å². The summed E-state index contributed by atoms with van der Waals surface area (Å²) < 4.78 is 0. The van der Waals surface area contributed by atoms with Gasteiger partial charge in [0.1, 0.15) is 6.61 Å². The first-order valence-corrected chi connectivity index (χ1v) is 3.91. The van der Waals surface area contributed by atoms with Crippen LogP contribution in [0.5, 0.6) is 0 Å². The number of aromatic nitrogens is 3. The van der Waals surface area contributed by atoms with Crippen molar-refractivity contribution in [3.05, 3.63) is 48.3 Å². The third-order valence-electron chi connectivity index (χ3n) is 1.56. The summed E-state index contributed by atoms with van der Waals surface area (Å²) in [6.45, 7) is 0.473. The smallest absolute Gasteiger partial charge is 0.425 e. The van der Waals surface area contributed by atoms with E-state index in [9.17, 15) is 0 Å². The summed E-state index contributed by atoms with van der Waals surface area (Å²) in [4.78, 5) is 6.43. The van der Waals surface area contributed by atoms with Gasteiger partial charge >= 0.3 is 18.9 Å². The molecule has 14 heavy (non-hydrogen) atoms. The minimum atomic E-state index is 0. The van der Waals surface area contributed by atoms with Crippen molar-refractivity contribution in [2.24, 2.45) is 0 Å². The molecule has 0 unspecified atom stereocenters. The molecule has 0 aliphatic heterocycles. The molecule has 2 aromatic rings. The molecule has 66 valence electrons. The average molecular weight is 181 g/mol. The van der Waals surface area contributed by atoms with Crippen LogP contribution in [0, 0.1) is 6.20 Å². The van der Waals surface area contributed by atoms with E-state index in [2.05, 4.69) is 16.5 Å². The van der Waals surface area contributed by atoms with E-state index in [-0.39, 0.29) is 18.9 Å². The Morgan fingerprint density at radius 2 is 2.07 bits per heavy atom. The standard InChI is InChI=1S/C9H8N3O.Li/c1-2-4-9(5-3-1)8-13-12-7-6-10-11-12;/h1-6H,8H2;/q-1;+1. The normalized spacial score (nSPS) is 9.14. The fourth-order valence-electron chi connectivity index (χ4n) is 0.947. The Hall–Kier alpha value is -1.24. The van der Waals surface area contributed by atoms with Crippen molar-refractivity contribution in [2.45, 2.75) is 6.61 Å². The number of hydrogen-bond acceptors (Lipinski definition) is 3. The van der Waals surface area contributed by atoms with Gasteiger partial charge < -0.3 is 11.0 Å². The zero-order valence-electron chi connectivity index (χ0n) is 7.92. The molecule has 0 bridgehead atoms. The number of benzene rings is 1. The first kappa shape index (κ1) is 10.8. The fraction of sp³-hybridized carbons (Fsp3) is 0.111. The molecular formula is C9H8LiN3O. The van der Waals surface area contributed by atoms with Crippen LogP contribution in [0.3, 0.4) is 0 Å². The van der Waals surface area contributed by atoms with Gasteiger partial charge in [-0.15, -0.1) is 6.20 Å². The Labute approximate surface area is 94.0 Å². The maximum atomic E-state index is 5.22. The van der Waals surface area contributed by atoms with Crippen molar-refractivity contribution in [2.75, 3.05) is 0 Å². The monoisotopic (exact) mass is 181 g/mol. The Bertz CT molecular complexity index is 349. The van der Waals surface area contributed by atoms with E-state index in [4.69, 9.17) is 4.84 Å². The van der Waals surface area contributed by atoms with Gasteiger partial charge in [0.2, 0.25) is 0 Å². The molecule has 4 nitrogen and oxygen atoms in total. The molecular weight excluding hydrogens is 173 g/mol. The van der Waals surface area contributed by atoms with E-state index < -0.39 is 0 Å². The van der Waals surface area contributed by atoms with Crippen LogP contribution in [0.4, 0.5) is 0 Å². The first-order valence-electron chi connectivity index (χ1n) is 3.91. The van der Waals surface area contributed by atoms with Crippen molar-refractivity contribution in [1.29, 1.82) is 0 Å². The fourth-order valence-corrected chi connectivity index (χ4v) is 0.947. The van der Waals surface area contributed by atoms with Crippen LogP contribution in [0.2, 0.25) is 0 Å². The van der Waals surface area contributed by atoms with Crippen LogP contribution in [-0.4, -0.2) is 15.2 Å². The minimum absolute atomic E-state index is 0. The minimum Gasteiger partial charge on any atom is -0.425 e. The summed E-state index contributed by atoms with van der Waals surface area (Å²) in [7, 11) is 0. The van der Waals surface area contributed by atoms with Crippen LogP contribution in [0.15, 0.2) is 36.5 Å². The van der Waals surface area contributed by atoms with E-state index in [1.54, 1.807) is 0 Å². The van der Waals surface area contributed by atoms with Crippen molar-refractivity contribution < 1.29 is 23.7 Å². The number of rotatable bonds is 3. The van der Waals surface area contributed by atoms with Gasteiger partial charge in [0.25, 0.3) is 0 Å². The number of nitrogens with zero attached hydrogens (tertiary/aromatic N) is 3. The number of hydrogen-bond donors (Lipinski definition) is 0. The molecule has 0 saturated heterocycles. The van der Waals surface area contributed by atoms with Crippen LogP contribution in [0.1, 0.15) is 5.56 Å². The van der Waals surface area contributed by atoms with Crippen LogP contribution in [-0.2, 0) is 6.61 Å². The summed E-state index contributed by atoms with van der Waals surface area (Å²) >= 11 is 0. The molecule has 0 aliphatic rings. The zero-order chi connectivity index (χ0) is 8.93. The molecule has 0 N–H and O–H groups in total. The third-order valence-corrected chi connectivity index (χ3v) is 1.56. The van der Waals surface area contributed by atoms with E-state index in [0.29, 0.717) is 6.61 Å². The molecule has 0 aliphatic carbocycles. The van der Waals surface area contributed by atoms with Gasteiger partial charge in [-0.1, -0.05) is 35.5 Å². The topological polar surface area (TPSA) is 39.9 Å².